The van der Waals surface area contributed by atoms with Crippen molar-refractivity contribution in [2.75, 3.05) is 18.4 Å². The van der Waals surface area contributed by atoms with Crippen molar-refractivity contribution < 1.29 is 26.7 Å². The zero-order valence-electron chi connectivity index (χ0n) is 19.5. The lowest BCUT2D eigenvalue weighted by molar-refractivity contribution is -0.137. The number of alkyl halides is 3. The van der Waals surface area contributed by atoms with Gasteiger partial charge in [0.15, 0.2) is 17.3 Å². The second-order valence-electron chi connectivity index (χ2n) is 8.99. The fourth-order valence-corrected chi connectivity index (χ4v) is 4.49. The number of benzene rings is 2. The molecular formula is C26H22F5N5O. The normalized spacial score (nSPS) is 14.7. The maximum Gasteiger partial charge on any atom is 0.417 e. The SMILES string of the molecule is O=C(Nc1ccc(C(F)(F)F)cn1)c1n[nH]c2ccc(-c3cc(CN4CCCCC4)cc(F)c3F)cc12. The van der Waals surface area contributed by atoms with E-state index in [2.05, 4.69) is 25.4 Å². The van der Waals surface area contributed by atoms with Crippen molar-refractivity contribution >= 4 is 22.6 Å². The highest BCUT2D eigenvalue weighted by molar-refractivity contribution is 6.11. The number of aromatic amines is 1. The second kappa shape index (κ2) is 9.89. The third-order valence-electron chi connectivity index (χ3n) is 6.36. The van der Waals surface area contributed by atoms with Gasteiger partial charge in [-0.1, -0.05) is 12.5 Å². The highest BCUT2D eigenvalue weighted by atomic mass is 19.4. The molecule has 0 saturated carbocycles. The summed E-state index contributed by atoms with van der Waals surface area (Å²) < 4.78 is 67.7. The van der Waals surface area contributed by atoms with E-state index in [0.717, 1.165) is 44.5 Å². The molecule has 0 unspecified atom stereocenters. The summed E-state index contributed by atoms with van der Waals surface area (Å²) in [6.07, 6.45) is -0.634. The van der Waals surface area contributed by atoms with Crippen LogP contribution in [0.25, 0.3) is 22.0 Å². The minimum absolute atomic E-state index is 0.0610. The van der Waals surface area contributed by atoms with Crippen LogP contribution in [0.3, 0.4) is 0 Å². The lowest BCUT2D eigenvalue weighted by atomic mass is 9.99. The molecular weight excluding hydrogens is 493 g/mol. The number of piperidine rings is 1. The lowest BCUT2D eigenvalue weighted by Crippen LogP contribution is -2.29. The van der Waals surface area contributed by atoms with E-state index in [1.807, 2.05) is 0 Å². The Morgan fingerprint density at radius 2 is 1.81 bits per heavy atom. The number of rotatable bonds is 5. The molecule has 5 rings (SSSR count). The summed E-state index contributed by atoms with van der Waals surface area (Å²) in [5.74, 6) is -2.77. The molecule has 2 N–H and O–H groups in total. The number of carbonyl (C=O) groups is 1. The predicted molar refractivity (Wildman–Crippen MR) is 128 cm³/mol. The van der Waals surface area contributed by atoms with E-state index < -0.39 is 29.3 Å². The first kappa shape index (κ1) is 24.8. The van der Waals surface area contributed by atoms with E-state index >= 15 is 0 Å². The number of likely N-dealkylation sites (tertiary alicyclic amines) is 1. The molecule has 11 heteroatoms. The van der Waals surface area contributed by atoms with E-state index in [0.29, 0.717) is 34.8 Å². The van der Waals surface area contributed by atoms with E-state index in [1.54, 1.807) is 18.2 Å². The second-order valence-corrected chi connectivity index (χ2v) is 8.99. The minimum Gasteiger partial charge on any atom is -0.305 e. The maximum atomic E-state index is 14.9. The van der Waals surface area contributed by atoms with E-state index in [1.165, 1.54) is 12.1 Å². The van der Waals surface area contributed by atoms with Crippen LogP contribution < -0.4 is 5.32 Å². The monoisotopic (exact) mass is 515 g/mol. The van der Waals surface area contributed by atoms with Crippen LogP contribution in [0.15, 0.2) is 48.7 Å². The number of H-pyrrole nitrogens is 1. The first-order chi connectivity index (χ1) is 17.7. The molecule has 2 aromatic heterocycles. The van der Waals surface area contributed by atoms with Gasteiger partial charge in [0.1, 0.15) is 5.82 Å². The molecule has 3 heterocycles. The van der Waals surface area contributed by atoms with Gasteiger partial charge in [0, 0.05) is 23.7 Å². The van der Waals surface area contributed by atoms with Gasteiger partial charge in [-0.05, 0) is 73.5 Å². The highest BCUT2D eigenvalue weighted by Crippen LogP contribution is 2.31. The van der Waals surface area contributed by atoms with Crippen LogP contribution in [0, 0.1) is 11.6 Å². The number of aromatic nitrogens is 3. The molecule has 6 nitrogen and oxygen atoms in total. The molecule has 1 fully saturated rings. The topological polar surface area (TPSA) is 73.9 Å². The molecule has 192 valence electrons. The Balaban J connectivity index is 1.43. The zero-order valence-corrected chi connectivity index (χ0v) is 19.5. The summed E-state index contributed by atoms with van der Waals surface area (Å²) in [4.78, 5) is 18.7. The first-order valence-electron chi connectivity index (χ1n) is 11.7. The predicted octanol–water partition coefficient (Wildman–Crippen LogP) is 6.16. The fraction of sp³-hybridized carbons (Fsp3) is 0.269. The smallest absolute Gasteiger partial charge is 0.305 e. The van der Waals surface area contributed by atoms with Gasteiger partial charge < -0.3 is 5.32 Å². The van der Waals surface area contributed by atoms with Gasteiger partial charge in [-0.15, -0.1) is 0 Å². The van der Waals surface area contributed by atoms with Crippen molar-refractivity contribution in [2.45, 2.75) is 32.0 Å². The Labute approximate surface area is 208 Å². The van der Waals surface area contributed by atoms with Crippen LogP contribution in [0.5, 0.6) is 0 Å². The van der Waals surface area contributed by atoms with Crippen LogP contribution in [0.2, 0.25) is 0 Å². The average molecular weight is 515 g/mol. The molecule has 37 heavy (non-hydrogen) atoms. The molecule has 1 aliphatic rings. The van der Waals surface area contributed by atoms with E-state index in [9.17, 15) is 26.7 Å². The van der Waals surface area contributed by atoms with Gasteiger partial charge in [-0.2, -0.15) is 18.3 Å². The van der Waals surface area contributed by atoms with Crippen molar-refractivity contribution in [1.82, 2.24) is 20.1 Å². The Kier molecular flexibility index (Phi) is 6.63. The summed E-state index contributed by atoms with van der Waals surface area (Å²) in [6, 6.07) is 9.38. The summed E-state index contributed by atoms with van der Waals surface area (Å²) in [7, 11) is 0. The van der Waals surface area contributed by atoms with E-state index in [-0.39, 0.29) is 17.1 Å². The lowest BCUT2D eigenvalue weighted by Gasteiger charge is -2.26. The number of carbonyl (C=O) groups excluding carboxylic acids is 1. The van der Waals surface area contributed by atoms with Crippen molar-refractivity contribution in [3.05, 3.63) is 77.1 Å². The van der Waals surface area contributed by atoms with Crippen molar-refractivity contribution in [3.63, 3.8) is 0 Å². The quantitative estimate of drug-likeness (QED) is 0.312. The Hall–Kier alpha value is -3.86. The van der Waals surface area contributed by atoms with Gasteiger partial charge >= 0.3 is 6.18 Å². The highest BCUT2D eigenvalue weighted by Gasteiger charge is 2.30. The van der Waals surface area contributed by atoms with E-state index in [4.69, 9.17) is 0 Å². The third-order valence-corrected chi connectivity index (χ3v) is 6.36. The van der Waals surface area contributed by atoms with Crippen molar-refractivity contribution in [2.24, 2.45) is 0 Å². The van der Waals surface area contributed by atoms with Crippen LogP contribution in [-0.2, 0) is 12.7 Å². The van der Waals surface area contributed by atoms with Gasteiger partial charge in [-0.25, -0.2) is 13.8 Å². The van der Waals surface area contributed by atoms with Crippen LogP contribution in [0.1, 0.15) is 40.9 Å². The number of pyridine rings is 1. The number of nitrogens with one attached hydrogen (secondary N) is 2. The van der Waals surface area contributed by atoms with Gasteiger partial charge in [0.05, 0.1) is 11.1 Å². The Morgan fingerprint density at radius 1 is 1.03 bits per heavy atom. The van der Waals surface area contributed by atoms with Crippen molar-refractivity contribution in [3.8, 4) is 11.1 Å². The molecule has 0 atom stereocenters. The summed E-state index contributed by atoms with van der Waals surface area (Å²) in [5.41, 5.74) is 0.522. The molecule has 1 aliphatic heterocycles. The molecule has 0 aliphatic carbocycles. The number of nitrogens with zero attached hydrogens (tertiary/aromatic N) is 3. The van der Waals surface area contributed by atoms with Crippen molar-refractivity contribution in [1.29, 1.82) is 0 Å². The van der Waals surface area contributed by atoms with Gasteiger partial charge in [-0.3, -0.25) is 14.8 Å². The maximum absolute atomic E-state index is 14.9. The van der Waals surface area contributed by atoms with Crippen LogP contribution in [0.4, 0.5) is 27.8 Å². The molecule has 0 spiro atoms. The number of amides is 1. The van der Waals surface area contributed by atoms with Gasteiger partial charge in [0.25, 0.3) is 5.91 Å². The number of hydrogen-bond acceptors (Lipinski definition) is 4. The third kappa shape index (κ3) is 5.31. The first-order valence-corrected chi connectivity index (χ1v) is 11.7. The Morgan fingerprint density at radius 3 is 2.51 bits per heavy atom. The summed E-state index contributed by atoms with van der Waals surface area (Å²) >= 11 is 0. The fourth-order valence-electron chi connectivity index (χ4n) is 4.49. The average Bonchev–Trinajstić information content (AvgIpc) is 3.30. The molecule has 2 aromatic carbocycles. The Bertz CT molecular complexity index is 1440. The van der Waals surface area contributed by atoms with Crippen LogP contribution >= 0.6 is 0 Å². The zero-order chi connectivity index (χ0) is 26.2. The molecule has 4 aromatic rings. The molecule has 1 amide bonds. The molecule has 0 radical (unpaired) electrons. The number of hydrogen-bond donors (Lipinski definition) is 2. The number of anilines is 1. The van der Waals surface area contributed by atoms with Crippen LogP contribution in [-0.4, -0.2) is 39.1 Å². The largest absolute Gasteiger partial charge is 0.417 e. The minimum atomic E-state index is -4.55. The summed E-state index contributed by atoms with van der Waals surface area (Å²) in [5, 5.41) is 9.44. The summed E-state index contributed by atoms with van der Waals surface area (Å²) in [6.45, 7) is 2.31. The molecule has 0 bridgehead atoms. The standard InChI is InChI=1S/C26H22F5N5O/c27-20-11-15(14-36-8-2-1-3-9-36)10-18(23(20)28)16-4-6-21-19(12-16)24(35-34-21)25(37)33-22-7-5-17(13-32-22)26(29,30)31/h4-7,10-13H,1-3,8-9,14H2,(H,34,35)(H,32,33,37). The van der Waals surface area contributed by atoms with Gasteiger partial charge in [0.2, 0.25) is 0 Å². The number of halogens is 5. The molecule has 1 saturated heterocycles. The number of fused-ring (bicyclic) bond motifs is 1.